The Labute approximate surface area is 228 Å². The molecule has 3 aromatic carbocycles. The van der Waals surface area contributed by atoms with Gasteiger partial charge in [-0.2, -0.15) is 0 Å². The van der Waals surface area contributed by atoms with Crippen LogP contribution in [-0.4, -0.2) is 40.1 Å². The number of anilines is 1. The number of aromatic nitrogens is 2. The van der Waals surface area contributed by atoms with E-state index in [1.54, 1.807) is 18.2 Å². The minimum absolute atomic E-state index is 0.0347. The van der Waals surface area contributed by atoms with E-state index >= 15 is 0 Å². The summed E-state index contributed by atoms with van der Waals surface area (Å²) in [7, 11) is 0. The lowest BCUT2D eigenvalue weighted by molar-refractivity contribution is 0.0751. The molecule has 0 fully saturated rings. The van der Waals surface area contributed by atoms with Crippen LogP contribution in [0.4, 0.5) is 5.69 Å². The molecule has 0 radical (unpaired) electrons. The molecule has 1 amide bonds. The Balaban J connectivity index is 1.44. The quantitative estimate of drug-likeness (QED) is 0.237. The summed E-state index contributed by atoms with van der Waals surface area (Å²) in [6.07, 6.45) is 3.91. The topological polar surface area (TPSA) is 93.2 Å². The van der Waals surface area contributed by atoms with Crippen molar-refractivity contribution < 1.29 is 4.79 Å². The number of hydrogen-bond acceptors (Lipinski definition) is 5. The molecule has 8 heteroatoms. The molecule has 7 nitrogen and oxygen atoms in total. The molecular formula is C30H34ClN5O2. The number of rotatable bonds is 12. The Bertz CT molecular complexity index is 1420. The van der Waals surface area contributed by atoms with E-state index < -0.39 is 0 Å². The molecule has 198 valence electrons. The van der Waals surface area contributed by atoms with Crippen molar-refractivity contribution in [3.05, 3.63) is 105 Å². The van der Waals surface area contributed by atoms with Crippen LogP contribution >= 0.6 is 11.6 Å². The molecule has 4 aromatic rings. The molecule has 1 aromatic heterocycles. The zero-order valence-electron chi connectivity index (χ0n) is 21.7. The number of halogens is 1. The first kappa shape index (κ1) is 27.4. The summed E-state index contributed by atoms with van der Waals surface area (Å²) in [5, 5.41) is 1.05. The Hall–Kier alpha value is -3.68. The number of amides is 1. The number of nitrogens with two attached hydrogens (primary N) is 1. The van der Waals surface area contributed by atoms with Crippen molar-refractivity contribution in [2.75, 3.05) is 25.1 Å². The number of unbranched alkanes of at least 4 members (excludes halogenated alkanes) is 2. The fraction of sp³-hybridized carbons (Fsp3) is 0.300. The van der Waals surface area contributed by atoms with Gasteiger partial charge in [0, 0.05) is 30.1 Å². The van der Waals surface area contributed by atoms with E-state index in [-0.39, 0.29) is 11.5 Å². The highest BCUT2D eigenvalue weighted by molar-refractivity contribution is 6.31. The van der Waals surface area contributed by atoms with Gasteiger partial charge in [-0.15, -0.1) is 0 Å². The van der Waals surface area contributed by atoms with Gasteiger partial charge < -0.3 is 10.6 Å². The average molecular weight is 532 g/mol. The highest BCUT2D eigenvalue weighted by Gasteiger charge is 2.16. The number of carbonyl (C=O) groups is 1. The Morgan fingerprint density at radius 2 is 1.71 bits per heavy atom. The van der Waals surface area contributed by atoms with E-state index in [2.05, 4.69) is 5.43 Å². The second kappa shape index (κ2) is 13.2. The van der Waals surface area contributed by atoms with Gasteiger partial charge in [0.25, 0.3) is 11.5 Å². The Morgan fingerprint density at radius 3 is 2.45 bits per heavy atom. The summed E-state index contributed by atoms with van der Waals surface area (Å²) in [5.41, 5.74) is 12.0. The number of nitrogens with zero attached hydrogens (tertiary/aromatic N) is 3. The first-order valence-corrected chi connectivity index (χ1v) is 13.4. The van der Waals surface area contributed by atoms with Crippen LogP contribution in [-0.2, 0) is 6.42 Å². The summed E-state index contributed by atoms with van der Waals surface area (Å²) >= 11 is 6.18. The Kier molecular flexibility index (Phi) is 9.51. The third-order valence-corrected chi connectivity index (χ3v) is 6.70. The molecule has 0 atom stereocenters. The van der Waals surface area contributed by atoms with Crippen molar-refractivity contribution in [1.29, 1.82) is 0 Å². The van der Waals surface area contributed by atoms with Gasteiger partial charge in [0.05, 0.1) is 16.6 Å². The molecule has 0 aliphatic rings. The molecule has 0 saturated heterocycles. The lowest BCUT2D eigenvalue weighted by atomic mass is 10.1. The zero-order chi connectivity index (χ0) is 26.9. The minimum Gasteiger partial charge on any atom is -0.339 e. The van der Waals surface area contributed by atoms with E-state index in [0.717, 1.165) is 36.9 Å². The van der Waals surface area contributed by atoms with Crippen molar-refractivity contribution in [1.82, 2.24) is 14.6 Å². The van der Waals surface area contributed by atoms with E-state index in [0.29, 0.717) is 53.4 Å². The van der Waals surface area contributed by atoms with Crippen LogP contribution in [0.25, 0.3) is 10.9 Å². The fourth-order valence-corrected chi connectivity index (χ4v) is 4.53. The van der Waals surface area contributed by atoms with E-state index in [4.69, 9.17) is 22.3 Å². The summed E-state index contributed by atoms with van der Waals surface area (Å²) in [5.74, 6) is 0.678. The van der Waals surface area contributed by atoms with Crippen molar-refractivity contribution in [2.24, 2.45) is 5.73 Å². The molecule has 0 unspecified atom stereocenters. The number of fused-ring (bicyclic) bond motifs is 1. The molecular weight excluding hydrogens is 498 g/mol. The van der Waals surface area contributed by atoms with E-state index in [9.17, 15) is 9.59 Å². The second-order valence-corrected chi connectivity index (χ2v) is 9.86. The van der Waals surface area contributed by atoms with Crippen LogP contribution in [0.2, 0.25) is 5.02 Å². The van der Waals surface area contributed by atoms with E-state index in [1.165, 1.54) is 4.68 Å². The number of hydrogen-bond donors (Lipinski definition) is 2. The lowest BCUT2D eigenvalue weighted by Crippen LogP contribution is -2.34. The third-order valence-electron chi connectivity index (χ3n) is 6.46. The summed E-state index contributed by atoms with van der Waals surface area (Å²) in [6, 6.07) is 22.4. The van der Waals surface area contributed by atoms with Crippen LogP contribution in [0, 0.1) is 6.92 Å². The molecule has 0 aliphatic carbocycles. The number of aryl methyl sites for hydroxylation is 2. The molecule has 0 spiro atoms. The van der Waals surface area contributed by atoms with Crippen molar-refractivity contribution in [2.45, 2.75) is 39.0 Å². The highest BCUT2D eigenvalue weighted by atomic mass is 35.5. The maximum Gasteiger partial charge on any atom is 0.280 e. The van der Waals surface area contributed by atoms with Gasteiger partial charge in [-0.3, -0.25) is 15.0 Å². The van der Waals surface area contributed by atoms with Gasteiger partial charge in [0.2, 0.25) is 0 Å². The normalized spacial score (nSPS) is 11.0. The SMILES string of the molecule is Cc1ccc(C(=O)N(CCCN)CCCCCc2nc3cc(Cl)ccc3c(=O)n2Nc2ccccc2)cc1. The minimum atomic E-state index is -0.165. The maximum atomic E-state index is 13.3. The maximum absolute atomic E-state index is 13.3. The van der Waals surface area contributed by atoms with Gasteiger partial charge in [-0.25, -0.2) is 9.66 Å². The predicted octanol–water partition coefficient (Wildman–Crippen LogP) is 5.44. The largest absolute Gasteiger partial charge is 0.339 e. The van der Waals surface area contributed by atoms with Gasteiger partial charge in [-0.1, -0.05) is 53.9 Å². The van der Waals surface area contributed by atoms with Gasteiger partial charge in [0.1, 0.15) is 5.82 Å². The molecule has 38 heavy (non-hydrogen) atoms. The Morgan fingerprint density at radius 1 is 0.974 bits per heavy atom. The molecule has 0 aliphatic heterocycles. The van der Waals surface area contributed by atoms with E-state index in [1.807, 2.05) is 66.4 Å². The van der Waals surface area contributed by atoms with Gasteiger partial charge in [0.15, 0.2) is 0 Å². The molecule has 4 rings (SSSR count). The molecule has 3 N–H and O–H groups in total. The smallest absolute Gasteiger partial charge is 0.280 e. The van der Waals surface area contributed by atoms with Crippen LogP contribution < -0.4 is 16.7 Å². The number of carbonyl (C=O) groups excluding carboxylic acids is 1. The lowest BCUT2D eigenvalue weighted by Gasteiger charge is -2.23. The molecule has 0 bridgehead atoms. The van der Waals surface area contributed by atoms with Crippen LogP contribution in [0.1, 0.15) is 47.4 Å². The molecule has 1 heterocycles. The fourth-order valence-electron chi connectivity index (χ4n) is 4.37. The predicted molar refractivity (Wildman–Crippen MR) is 155 cm³/mol. The average Bonchev–Trinajstić information content (AvgIpc) is 2.92. The number of para-hydroxylation sites is 1. The second-order valence-electron chi connectivity index (χ2n) is 9.42. The standard InChI is InChI=1S/C30H34ClN5O2/c1-22-12-14-23(15-13-22)29(37)35(20-8-18-32)19-7-3-6-11-28-33-27-21-24(31)16-17-26(27)30(38)36(28)34-25-9-4-2-5-10-25/h2,4-5,9-10,12-17,21,34H,3,6-8,11,18-20,32H2,1H3. The van der Waals surface area contributed by atoms with Crippen molar-refractivity contribution in [3.63, 3.8) is 0 Å². The van der Waals surface area contributed by atoms with Crippen LogP contribution in [0.5, 0.6) is 0 Å². The monoisotopic (exact) mass is 531 g/mol. The summed E-state index contributed by atoms with van der Waals surface area (Å²) < 4.78 is 1.53. The zero-order valence-corrected chi connectivity index (χ0v) is 22.5. The van der Waals surface area contributed by atoms with Crippen LogP contribution in [0.15, 0.2) is 77.6 Å². The number of nitrogens with one attached hydrogen (secondary N) is 1. The number of benzene rings is 3. The van der Waals surface area contributed by atoms with Crippen LogP contribution in [0.3, 0.4) is 0 Å². The third kappa shape index (κ3) is 7.00. The van der Waals surface area contributed by atoms with Crippen molar-refractivity contribution in [3.8, 4) is 0 Å². The first-order chi connectivity index (χ1) is 18.5. The first-order valence-electron chi connectivity index (χ1n) is 13.1. The van der Waals surface area contributed by atoms with Gasteiger partial charge >= 0.3 is 0 Å². The summed E-state index contributed by atoms with van der Waals surface area (Å²) in [6.45, 7) is 3.84. The summed E-state index contributed by atoms with van der Waals surface area (Å²) in [4.78, 5) is 33.1. The van der Waals surface area contributed by atoms with Gasteiger partial charge in [-0.05, 0) is 75.2 Å². The van der Waals surface area contributed by atoms with Crippen molar-refractivity contribution >= 4 is 34.1 Å². The molecule has 0 saturated carbocycles. The highest BCUT2D eigenvalue weighted by Crippen LogP contribution is 2.17.